The van der Waals surface area contributed by atoms with Gasteiger partial charge in [-0.3, -0.25) is 4.90 Å². The van der Waals surface area contributed by atoms with E-state index in [1.807, 2.05) is 30.3 Å². The number of likely N-dealkylation sites (N-methyl/N-ethyl adjacent to an activating group) is 1. The molecule has 2 aliphatic rings. The lowest BCUT2D eigenvalue weighted by Gasteiger charge is -2.50. The highest BCUT2D eigenvalue weighted by atomic mass is 16.5. The summed E-state index contributed by atoms with van der Waals surface area (Å²) < 4.78 is 11.1. The van der Waals surface area contributed by atoms with E-state index in [1.54, 1.807) is 0 Å². The molecule has 122 valence electrons. The van der Waals surface area contributed by atoms with Crippen LogP contribution >= 0.6 is 0 Å². The largest absolute Gasteiger partial charge is 0.381 e. The average Bonchev–Trinajstić information content (AvgIpc) is 3.09. The lowest BCUT2D eigenvalue weighted by atomic mass is 9.86. The first-order chi connectivity index (χ1) is 11.3. The van der Waals surface area contributed by atoms with Gasteiger partial charge in [0.1, 0.15) is 0 Å². The van der Waals surface area contributed by atoms with Crippen LogP contribution in [0.15, 0.2) is 34.9 Å². The minimum atomic E-state index is 0.165. The zero-order chi connectivity index (χ0) is 15.7. The first kappa shape index (κ1) is 14.7. The van der Waals surface area contributed by atoms with E-state index >= 15 is 0 Å². The molecule has 6 heteroatoms. The van der Waals surface area contributed by atoms with Crippen molar-refractivity contribution in [3.8, 4) is 11.4 Å². The van der Waals surface area contributed by atoms with Gasteiger partial charge < -0.3 is 14.2 Å². The molecule has 4 rings (SSSR count). The Hall–Kier alpha value is -1.92. The lowest BCUT2D eigenvalue weighted by molar-refractivity contribution is -0.0229. The molecule has 0 atom stereocenters. The lowest BCUT2D eigenvalue weighted by Crippen LogP contribution is -2.63. The number of benzene rings is 1. The van der Waals surface area contributed by atoms with Gasteiger partial charge in [-0.05, 0) is 19.9 Å². The SMILES string of the molecule is CN1CCN(c2nc(-c3ccccc3)no2)CC12CCOCC2. The monoisotopic (exact) mass is 314 g/mol. The van der Waals surface area contributed by atoms with Gasteiger partial charge in [0.05, 0.1) is 0 Å². The molecule has 23 heavy (non-hydrogen) atoms. The molecule has 0 unspecified atom stereocenters. The fourth-order valence-electron chi connectivity index (χ4n) is 3.57. The summed E-state index contributed by atoms with van der Waals surface area (Å²) in [7, 11) is 2.21. The molecule has 1 aromatic heterocycles. The van der Waals surface area contributed by atoms with Gasteiger partial charge in [0.25, 0.3) is 0 Å². The average molecular weight is 314 g/mol. The Morgan fingerprint density at radius 3 is 2.65 bits per heavy atom. The second-order valence-corrected chi connectivity index (χ2v) is 6.45. The number of hydrogen-bond donors (Lipinski definition) is 0. The summed E-state index contributed by atoms with van der Waals surface area (Å²) in [5.41, 5.74) is 1.15. The molecule has 2 aromatic rings. The zero-order valence-electron chi connectivity index (χ0n) is 13.4. The summed E-state index contributed by atoms with van der Waals surface area (Å²) in [5.74, 6) is 0.653. The van der Waals surface area contributed by atoms with Crippen LogP contribution in [0.1, 0.15) is 12.8 Å². The fourth-order valence-corrected chi connectivity index (χ4v) is 3.57. The molecular weight excluding hydrogens is 292 g/mol. The Morgan fingerprint density at radius 2 is 1.87 bits per heavy atom. The maximum atomic E-state index is 5.55. The van der Waals surface area contributed by atoms with Gasteiger partial charge in [0.15, 0.2) is 0 Å². The van der Waals surface area contributed by atoms with E-state index in [0.29, 0.717) is 11.8 Å². The highest BCUT2D eigenvalue weighted by Crippen LogP contribution is 2.32. The molecular formula is C17H22N4O2. The summed E-state index contributed by atoms with van der Waals surface area (Å²) in [6, 6.07) is 10.6. The van der Waals surface area contributed by atoms with Gasteiger partial charge in [-0.2, -0.15) is 4.98 Å². The smallest absolute Gasteiger partial charge is 0.324 e. The summed E-state index contributed by atoms with van der Waals surface area (Å²) >= 11 is 0. The van der Waals surface area contributed by atoms with Gasteiger partial charge in [0, 0.05) is 44.0 Å². The van der Waals surface area contributed by atoms with Gasteiger partial charge in [-0.25, -0.2) is 0 Å². The van der Waals surface area contributed by atoms with E-state index in [1.165, 1.54) is 0 Å². The number of aromatic nitrogens is 2. The molecule has 0 saturated carbocycles. The molecule has 1 aromatic carbocycles. The van der Waals surface area contributed by atoms with Crippen LogP contribution in [0.5, 0.6) is 0 Å². The van der Waals surface area contributed by atoms with E-state index in [4.69, 9.17) is 9.26 Å². The second kappa shape index (κ2) is 5.94. The van der Waals surface area contributed by atoms with E-state index in [0.717, 1.165) is 51.3 Å². The predicted molar refractivity (Wildman–Crippen MR) is 87.4 cm³/mol. The van der Waals surface area contributed by atoms with Crippen LogP contribution in [0.4, 0.5) is 6.01 Å². The van der Waals surface area contributed by atoms with Crippen molar-refractivity contribution in [2.45, 2.75) is 18.4 Å². The number of rotatable bonds is 2. The van der Waals surface area contributed by atoms with E-state index in [9.17, 15) is 0 Å². The molecule has 3 heterocycles. The third kappa shape index (κ3) is 2.72. The number of anilines is 1. The van der Waals surface area contributed by atoms with Crippen LogP contribution in [0.2, 0.25) is 0 Å². The topological polar surface area (TPSA) is 54.6 Å². The highest BCUT2D eigenvalue weighted by Gasteiger charge is 2.42. The predicted octanol–water partition coefficient (Wildman–Crippen LogP) is 2.04. The zero-order valence-corrected chi connectivity index (χ0v) is 13.4. The summed E-state index contributed by atoms with van der Waals surface area (Å²) in [6.07, 6.45) is 2.11. The van der Waals surface area contributed by atoms with Crippen molar-refractivity contribution in [2.75, 3.05) is 44.8 Å². The molecule has 2 aliphatic heterocycles. The van der Waals surface area contributed by atoms with Gasteiger partial charge in [-0.1, -0.05) is 35.5 Å². The fraction of sp³-hybridized carbons (Fsp3) is 0.529. The third-order valence-electron chi connectivity index (χ3n) is 5.14. The molecule has 0 amide bonds. The van der Waals surface area contributed by atoms with Crippen molar-refractivity contribution in [2.24, 2.45) is 0 Å². The minimum Gasteiger partial charge on any atom is -0.381 e. The molecule has 2 fully saturated rings. The summed E-state index contributed by atoms with van der Waals surface area (Å²) in [5, 5.41) is 4.15. The quantitative estimate of drug-likeness (QED) is 0.845. The highest BCUT2D eigenvalue weighted by molar-refractivity contribution is 5.55. The van der Waals surface area contributed by atoms with Gasteiger partial charge in [0.2, 0.25) is 5.82 Å². The Kier molecular flexibility index (Phi) is 3.79. The van der Waals surface area contributed by atoms with Gasteiger partial charge >= 0.3 is 6.01 Å². The number of ether oxygens (including phenoxy) is 1. The first-order valence-electron chi connectivity index (χ1n) is 8.20. The second-order valence-electron chi connectivity index (χ2n) is 6.45. The minimum absolute atomic E-state index is 0.165. The van der Waals surface area contributed by atoms with Crippen LogP contribution in [-0.4, -0.2) is 60.5 Å². The Balaban J connectivity index is 1.55. The van der Waals surface area contributed by atoms with E-state index in [-0.39, 0.29) is 5.54 Å². The normalized spacial score (nSPS) is 21.7. The van der Waals surface area contributed by atoms with Crippen molar-refractivity contribution >= 4 is 6.01 Å². The number of nitrogens with zero attached hydrogens (tertiary/aromatic N) is 4. The van der Waals surface area contributed by atoms with Gasteiger partial charge in [-0.15, -0.1) is 0 Å². The van der Waals surface area contributed by atoms with Crippen LogP contribution in [0.3, 0.4) is 0 Å². The van der Waals surface area contributed by atoms with Crippen LogP contribution < -0.4 is 4.90 Å². The molecule has 2 saturated heterocycles. The maximum Gasteiger partial charge on any atom is 0.324 e. The standard InChI is InChI=1S/C17H22N4O2/c1-20-9-10-21(13-17(20)7-11-22-12-8-17)16-18-15(19-23-16)14-5-3-2-4-6-14/h2-6H,7-13H2,1H3. The number of piperazine rings is 1. The van der Waals surface area contributed by atoms with E-state index in [2.05, 4.69) is 27.0 Å². The van der Waals surface area contributed by atoms with Crippen LogP contribution in [0.25, 0.3) is 11.4 Å². The van der Waals surface area contributed by atoms with Crippen molar-refractivity contribution in [1.82, 2.24) is 15.0 Å². The Morgan fingerprint density at radius 1 is 1.09 bits per heavy atom. The molecule has 0 bridgehead atoms. The Labute approximate surface area is 136 Å². The third-order valence-corrected chi connectivity index (χ3v) is 5.14. The molecule has 0 aliphatic carbocycles. The molecule has 6 nitrogen and oxygen atoms in total. The van der Waals surface area contributed by atoms with Crippen molar-refractivity contribution < 1.29 is 9.26 Å². The summed E-state index contributed by atoms with van der Waals surface area (Å²) in [6.45, 7) is 4.50. The molecule has 0 N–H and O–H groups in total. The summed E-state index contributed by atoms with van der Waals surface area (Å²) in [4.78, 5) is 9.31. The molecule has 1 spiro atoms. The Bertz CT molecular complexity index is 652. The first-order valence-corrected chi connectivity index (χ1v) is 8.20. The van der Waals surface area contributed by atoms with E-state index < -0.39 is 0 Å². The van der Waals surface area contributed by atoms with Crippen molar-refractivity contribution in [3.63, 3.8) is 0 Å². The maximum absolute atomic E-state index is 5.55. The number of hydrogen-bond acceptors (Lipinski definition) is 6. The van der Waals surface area contributed by atoms with Crippen molar-refractivity contribution in [3.05, 3.63) is 30.3 Å². The molecule has 0 radical (unpaired) electrons. The van der Waals surface area contributed by atoms with Crippen LogP contribution in [-0.2, 0) is 4.74 Å². The van der Waals surface area contributed by atoms with Crippen molar-refractivity contribution in [1.29, 1.82) is 0 Å². The van der Waals surface area contributed by atoms with Crippen LogP contribution in [0, 0.1) is 0 Å².